The summed E-state index contributed by atoms with van der Waals surface area (Å²) in [4.78, 5) is 16.9. The van der Waals surface area contributed by atoms with E-state index in [4.69, 9.17) is 21.1 Å². The van der Waals surface area contributed by atoms with Gasteiger partial charge in [0.25, 0.3) is 0 Å². The van der Waals surface area contributed by atoms with Gasteiger partial charge in [0.2, 0.25) is 11.1 Å². The SMILES string of the molecule is CCOc1ccc(Oc2ccc(Cl)cc2NC(=O)CSc2n[nH]c(C3CC3)n2)cc1. The maximum atomic E-state index is 12.5. The van der Waals surface area contributed by atoms with E-state index in [2.05, 4.69) is 20.5 Å². The molecule has 1 aromatic heterocycles. The number of amides is 1. The van der Waals surface area contributed by atoms with E-state index in [1.54, 1.807) is 18.2 Å². The van der Waals surface area contributed by atoms with E-state index in [1.165, 1.54) is 11.8 Å². The molecule has 1 amide bonds. The monoisotopic (exact) mass is 444 g/mol. The Morgan fingerprint density at radius 2 is 2.00 bits per heavy atom. The number of ether oxygens (including phenoxy) is 2. The standard InChI is InChI=1S/C21H21ClN4O3S/c1-2-28-15-6-8-16(9-7-15)29-18-10-5-14(22)11-17(18)23-19(27)12-30-21-24-20(25-26-21)13-3-4-13/h5-11,13H,2-4,12H2,1H3,(H,23,27)(H,24,25,26). The maximum absolute atomic E-state index is 12.5. The Labute approximate surface area is 183 Å². The van der Waals surface area contributed by atoms with E-state index in [0.29, 0.717) is 39.9 Å². The number of halogens is 1. The van der Waals surface area contributed by atoms with Gasteiger partial charge in [0.1, 0.15) is 17.3 Å². The van der Waals surface area contributed by atoms with Crippen LogP contribution in [0.4, 0.5) is 5.69 Å². The van der Waals surface area contributed by atoms with E-state index in [0.717, 1.165) is 24.4 Å². The van der Waals surface area contributed by atoms with Gasteiger partial charge in [-0.15, -0.1) is 5.10 Å². The molecule has 2 N–H and O–H groups in total. The van der Waals surface area contributed by atoms with E-state index in [9.17, 15) is 4.79 Å². The second-order valence-corrected chi connectivity index (χ2v) is 8.14. The molecule has 0 unspecified atom stereocenters. The minimum Gasteiger partial charge on any atom is -0.494 e. The normalized spacial score (nSPS) is 13.1. The van der Waals surface area contributed by atoms with Crippen LogP contribution in [-0.2, 0) is 4.79 Å². The van der Waals surface area contributed by atoms with Crippen molar-refractivity contribution >= 4 is 35.0 Å². The molecule has 1 aliphatic carbocycles. The summed E-state index contributed by atoms with van der Waals surface area (Å²) in [7, 11) is 0. The molecule has 4 rings (SSSR count). The van der Waals surface area contributed by atoms with Crippen LogP contribution in [0, 0.1) is 0 Å². The number of aromatic nitrogens is 3. The Morgan fingerprint density at radius 1 is 1.23 bits per heavy atom. The number of thioether (sulfide) groups is 1. The molecule has 0 spiro atoms. The molecule has 3 aromatic rings. The molecule has 0 aliphatic heterocycles. The zero-order chi connectivity index (χ0) is 20.9. The molecule has 1 fully saturated rings. The van der Waals surface area contributed by atoms with E-state index < -0.39 is 0 Å². The lowest BCUT2D eigenvalue weighted by atomic mass is 10.2. The largest absolute Gasteiger partial charge is 0.494 e. The fraction of sp³-hybridized carbons (Fsp3) is 0.286. The van der Waals surface area contributed by atoms with Gasteiger partial charge in [-0.25, -0.2) is 4.98 Å². The molecular weight excluding hydrogens is 424 g/mol. The minimum atomic E-state index is -0.198. The van der Waals surface area contributed by atoms with Crippen molar-refractivity contribution in [1.82, 2.24) is 15.2 Å². The molecular formula is C21H21ClN4O3S. The molecule has 1 saturated carbocycles. The highest BCUT2D eigenvalue weighted by Crippen LogP contribution is 2.38. The number of H-pyrrole nitrogens is 1. The summed E-state index contributed by atoms with van der Waals surface area (Å²) in [5.74, 6) is 3.26. The predicted molar refractivity (Wildman–Crippen MR) is 117 cm³/mol. The fourth-order valence-corrected chi connectivity index (χ4v) is 3.54. The summed E-state index contributed by atoms with van der Waals surface area (Å²) in [6, 6.07) is 12.4. The van der Waals surface area contributed by atoms with Crippen LogP contribution < -0.4 is 14.8 Å². The zero-order valence-electron chi connectivity index (χ0n) is 16.4. The number of hydrogen-bond donors (Lipinski definition) is 2. The molecule has 156 valence electrons. The number of nitrogens with one attached hydrogen (secondary N) is 2. The van der Waals surface area contributed by atoms with Crippen molar-refractivity contribution in [3.05, 3.63) is 53.3 Å². The third kappa shape index (κ3) is 5.46. The summed E-state index contributed by atoms with van der Waals surface area (Å²) in [5.41, 5.74) is 0.496. The topological polar surface area (TPSA) is 89.1 Å². The van der Waals surface area contributed by atoms with Crippen LogP contribution in [0.25, 0.3) is 0 Å². The lowest BCUT2D eigenvalue weighted by Crippen LogP contribution is -2.14. The summed E-state index contributed by atoms with van der Waals surface area (Å²) >= 11 is 7.40. The van der Waals surface area contributed by atoms with Crippen LogP contribution in [0.15, 0.2) is 47.6 Å². The molecule has 1 aliphatic rings. The lowest BCUT2D eigenvalue weighted by molar-refractivity contribution is -0.113. The quantitative estimate of drug-likeness (QED) is 0.438. The predicted octanol–water partition coefficient (Wildman–Crippen LogP) is 5.26. The first-order valence-electron chi connectivity index (χ1n) is 9.66. The fourth-order valence-electron chi connectivity index (χ4n) is 2.76. The molecule has 9 heteroatoms. The summed E-state index contributed by atoms with van der Waals surface area (Å²) in [6.45, 7) is 2.53. The van der Waals surface area contributed by atoms with Crippen molar-refractivity contribution in [3.8, 4) is 17.2 Å². The van der Waals surface area contributed by atoms with Gasteiger partial charge >= 0.3 is 0 Å². The number of rotatable bonds is 9. The van der Waals surface area contributed by atoms with E-state index in [1.807, 2.05) is 31.2 Å². The Bertz CT molecular complexity index is 1020. The number of carbonyl (C=O) groups is 1. The number of benzene rings is 2. The summed E-state index contributed by atoms with van der Waals surface area (Å²) < 4.78 is 11.4. The molecule has 0 saturated heterocycles. The summed E-state index contributed by atoms with van der Waals surface area (Å²) in [6.07, 6.45) is 2.29. The minimum absolute atomic E-state index is 0.178. The van der Waals surface area contributed by atoms with Crippen LogP contribution in [-0.4, -0.2) is 33.4 Å². The first kappa shape index (κ1) is 20.6. The van der Waals surface area contributed by atoms with Gasteiger partial charge in [-0.1, -0.05) is 23.4 Å². The number of aromatic amines is 1. The second-order valence-electron chi connectivity index (χ2n) is 6.76. The number of anilines is 1. The molecule has 1 heterocycles. The van der Waals surface area contributed by atoms with Gasteiger partial charge in [0, 0.05) is 10.9 Å². The number of hydrogen-bond acceptors (Lipinski definition) is 6. The Balaban J connectivity index is 1.38. The van der Waals surface area contributed by atoms with Crippen LogP contribution in [0.5, 0.6) is 17.2 Å². The highest BCUT2D eigenvalue weighted by atomic mass is 35.5. The average molecular weight is 445 g/mol. The second kappa shape index (κ2) is 9.40. The molecule has 30 heavy (non-hydrogen) atoms. The first-order chi connectivity index (χ1) is 14.6. The highest BCUT2D eigenvalue weighted by Gasteiger charge is 2.27. The zero-order valence-corrected chi connectivity index (χ0v) is 17.9. The third-order valence-electron chi connectivity index (χ3n) is 4.36. The van der Waals surface area contributed by atoms with Gasteiger partial charge in [-0.2, -0.15) is 0 Å². The van der Waals surface area contributed by atoms with Gasteiger partial charge in [0.05, 0.1) is 18.0 Å². The Kier molecular flexibility index (Phi) is 6.44. The van der Waals surface area contributed by atoms with Crippen molar-refractivity contribution in [2.24, 2.45) is 0 Å². The van der Waals surface area contributed by atoms with E-state index in [-0.39, 0.29) is 11.7 Å². The average Bonchev–Trinajstić information content (AvgIpc) is 3.48. The van der Waals surface area contributed by atoms with Crippen molar-refractivity contribution in [3.63, 3.8) is 0 Å². The third-order valence-corrected chi connectivity index (χ3v) is 5.44. The van der Waals surface area contributed by atoms with Gasteiger partial charge in [0.15, 0.2) is 5.75 Å². The molecule has 0 bridgehead atoms. The van der Waals surface area contributed by atoms with Gasteiger partial charge in [-0.3, -0.25) is 9.89 Å². The van der Waals surface area contributed by atoms with Crippen LogP contribution in [0.1, 0.15) is 31.5 Å². The number of nitrogens with zero attached hydrogens (tertiary/aromatic N) is 2. The molecule has 0 atom stereocenters. The lowest BCUT2D eigenvalue weighted by Gasteiger charge is -2.13. The highest BCUT2D eigenvalue weighted by molar-refractivity contribution is 7.99. The number of carbonyl (C=O) groups excluding carboxylic acids is 1. The molecule has 2 aromatic carbocycles. The van der Waals surface area contributed by atoms with Crippen molar-refractivity contribution in [2.75, 3.05) is 17.7 Å². The first-order valence-corrected chi connectivity index (χ1v) is 11.0. The van der Waals surface area contributed by atoms with Crippen molar-refractivity contribution in [2.45, 2.75) is 30.8 Å². The maximum Gasteiger partial charge on any atom is 0.234 e. The van der Waals surface area contributed by atoms with Gasteiger partial charge < -0.3 is 14.8 Å². The molecule has 0 radical (unpaired) electrons. The van der Waals surface area contributed by atoms with E-state index >= 15 is 0 Å². The van der Waals surface area contributed by atoms with Crippen LogP contribution >= 0.6 is 23.4 Å². The Hall–Kier alpha value is -2.71. The molecule has 7 nitrogen and oxygen atoms in total. The van der Waals surface area contributed by atoms with Crippen molar-refractivity contribution in [1.29, 1.82) is 0 Å². The van der Waals surface area contributed by atoms with Gasteiger partial charge in [-0.05, 0) is 62.2 Å². The summed E-state index contributed by atoms with van der Waals surface area (Å²) in [5, 5.41) is 11.0. The van der Waals surface area contributed by atoms with Crippen LogP contribution in [0.3, 0.4) is 0 Å². The Morgan fingerprint density at radius 3 is 2.73 bits per heavy atom. The van der Waals surface area contributed by atoms with Crippen LogP contribution in [0.2, 0.25) is 5.02 Å². The van der Waals surface area contributed by atoms with Crippen molar-refractivity contribution < 1.29 is 14.3 Å². The smallest absolute Gasteiger partial charge is 0.234 e.